The van der Waals surface area contributed by atoms with Gasteiger partial charge in [-0.1, -0.05) is 32.0 Å². The highest BCUT2D eigenvalue weighted by molar-refractivity contribution is 5.78. The van der Waals surface area contributed by atoms with Crippen LogP contribution >= 0.6 is 0 Å². The normalized spacial score (nSPS) is 16.0. The Balaban J connectivity index is 1.74. The molecule has 0 radical (unpaired) electrons. The van der Waals surface area contributed by atoms with Crippen LogP contribution in [0.25, 0.3) is 5.69 Å². The van der Waals surface area contributed by atoms with E-state index in [9.17, 15) is 9.59 Å². The number of nitrogens with zero attached hydrogens (tertiary/aromatic N) is 5. The molecule has 2 aromatic rings. The van der Waals surface area contributed by atoms with Crippen molar-refractivity contribution in [2.24, 2.45) is 5.92 Å². The van der Waals surface area contributed by atoms with Crippen LogP contribution in [0.3, 0.4) is 0 Å². The first-order valence-corrected chi connectivity index (χ1v) is 7.96. The molecule has 0 saturated carbocycles. The second-order valence-electron chi connectivity index (χ2n) is 6.16. The van der Waals surface area contributed by atoms with Crippen LogP contribution < -0.4 is 5.69 Å². The van der Waals surface area contributed by atoms with Crippen LogP contribution in [0, 0.1) is 5.92 Å². The van der Waals surface area contributed by atoms with E-state index in [1.807, 2.05) is 49.1 Å². The molecule has 1 aliphatic heterocycles. The molecule has 122 valence electrons. The van der Waals surface area contributed by atoms with E-state index in [1.54, 1.807) is 0 Å². The van der Waals surface area contributed by atoms with E-state index in [1.165, 1.54) is 9.36 Å². The summed E-state index contributed by atoms with van der Waals surface area (Å²) in [5.41, 5.74) is 0.473. The summed E-state index contributed by atoms with van der Waals surface area (Å²) in [5.74, 6) is 0.178. The molecule has 0 N–H and O–H groups in total. The molecule has 7 heteroatoms. The van der Waals surface area contributed by atoms with E-state index in [-0.39, 0.29) is 23.6 Å². The number of piperidine rings is 1. The van der Waals surface area contributed by atoms with Gasteiger partial charge in [-0.2, -0.15) is 9.36 Å². The van der Waals surface area contributed by atoms with Gasteiger partial charge in [-0.25, -0.2) is 4.79 Å². The Kier molecular flexibility index (Phi) is 4.27. The predicted octanol–water partition coefficient (Wildman–Crippen LogP) is 1.25. The topological polar surface area (TPSA) is 73.0 Å². The van der Waals surface area contributed by atoms with Crippen LogP contribution in [-0.4, -0.2) is 43.7 Å². The minimum Gasteiger partial charge on any atom is -0.342 e. The zero-order chi connectivity index (χ0) is 16.4. The van der Waals surface area contributed by atoms with Crippen molar-refractivity contribution in [3.63, 3.8) is 0 Å². The van der Waals surface area contributed by atoms with Gasteiger partial charge < -0.3 is 4.90 Å². The Morgan fingerprint density at radius 1 is 1.13 bits per heavy atom. The van der Waals surface area contributed by atoms with E-state index in [4.69, 9.17) is 0 Å². The molecule has 0 bridgehead atoms. The Bertz CT molecular complexity index is 726. The summed E-state index contributed by atoms with van der Waals surface area (Å²) in [5, 5.41) is 8.01. The number of carbonyl (C=O) groups is 1. The van der Waals surface area contributed by atoms with Crippen LogP contribution in [0.4, 0.5) is 0 Å². The number of tetrazole rings is 1. The second kappa shape index (κ2) is 6.36. The van der Waals surface area contributed by atoms with Crippen molar-refractivity contribution >= 4 is 5.91 Å². The molecule has 7 nitrogen and oxygen atoms in total. The maximum absolute atomic E-state index is 12.5. The molecule has 1 fully saturated rings. The van der Waals surface area contributed by atoms with E-state index < -0.39 is 0 Å². The standard InChI is InChI=1S/C16H21N5O2/c1-12(2)15(22)19-10-8-14(9-11-19)21-16(23)20(17-18-21)13-6-4-3-5-7-13/h3-7,12,14H,8-11H2,1-2H3. The molecule has 0 spiro atoms. The number of para-hydroxylation sites is 1. The molecule has 3 rings (SSSR count). The molecule has 23 heavy (non-hydrogen) atoms. The fourth-order valence-corrected chi connectivity index (χ4v) is 2.91. The van der Waals surface area contributed by atoms with Gasteiger partial charge in [0.1, 0.15) is 0 Å². The number of hydrogen-bond acceptors (Lipinski definition) is 4. The van der Waals surface area contributed by atoms with Crippen molar-refractivity contribution in [2.75, 3.05) is 13.1 Å². The lowest BCUT2D eigenvalue weighted by atomic mass is 10.0. The largest absolute Gasteiger partial charge is 0.368 e. The third-order valence-corrected chi connectivity index (χ3v) is 4.22. The van der Waals surface area contributed by atoms with Gasteiger partial charge in [-0.15, -0.1) is 0 Å². The van der Waals surface area contributed by atoms with Crippen molar-refractivity contribution in [1.29, 1.82) is 0 Å². The van der Waals surface area contributed by atoms with Gasteiger partial charge in [0.15, 0.2) is 0 Å². The SMILES string of the molecule is CC(C)C(=O)N1CCC(n2nnn(-c3ccccc3)c2=O)CC1. The molecular formula is C16H21N5O2. The number of hydrogen-bond donors (Lipinski definition) is 0. The molecular weight excluding hydrogens is 294 g/mol. The zero-order valence-corrected chi connectivity index (χ0v) is 13.4. The van der Waals surface area contributed by atoms with Gasteiger partial charge in [-0.3, -0.25) is 4.79 Å². The van der Waals surface area contributed by atoms with Crippen molar-refractivity contribution in [1.82, 2.24) is 24.7 Å². The summed E-state index contributed by atoms with van der Waals surface area (Å²) in [4.78, 5) is 26.4. The van der Waals surface area contributed by atoms with Crippen LogP contribution in [0.1, 0.15) is 32.7 Å². The lowest BCUT2D eigenvalue weighted by Gasteiger charge is -2.32. The highest BCUT2D eigenvalue weighted by Gasteiger charge is 2.27. The third kappa shape index (κ3) is 3.04. The van der Waals surface area contributed by atoms with Crippen molar-refractivity contribution in [3.05, 3.63) is 40.8 Å². The summed E-state index contributed by atoms with van der Waals surface area (Å²) >= 11 is 0. The Hall–Kier alpha value is -2.44. The molecule has 0 unspecified atom stereocenters. The Labute approximate surface area is 134 Å². The average molecular weight is 315 g/mol. The van der Waals surface area contributed by atoms with Crippen LogP contribution in [0.15, 0.2) is 35.1 Å². The van der Waals surface area contributed by atoms with Gasteiger partial charge in [0, 0.05) is 19.0 Å². The maximum Gasteiger partial charge on any atom is 0.368 e. The molecule has 2 heterocycles. The van der Waals surface area contributed by atoms with E-state index >= 15 is 0 Å². The maximum atomic E-state index is 12.5. The average Bonchev–Trinajstić information content (AvgIpc) is 2.96. The third-order valence-electron chi connectivity index (χ3n) is 4.22. The van der Waals surface area contributed by atoms with E-state index in [0.717, 1.165) is 12.8 Å². The zero-order valence-electron chi connectivity index (χ0n) is 13.4. The Morgan fingerprint density at radius 3 is 2.39 bits per heavy atom. The van der Waals surface area contributed by atoms with Gasteiger partial charge in [0.2, 0.25) is 5.91 Å². The fraction of sp³-hybridized carbons (Fsp3) is 0.500. The summed E-state index contributed by atoms with van der Waals surface area (Å²) in [6, 6.07) is 9.25. The molecule has 0 aliphatic carbocycles. The van der Waals surface area contributed by atoms with Crippen LogP contribution in [0.5, 0.6) is 0 Å². The first-order valence-electron chi connectivity index (χ1n) is 7.96. The van der Waals surface area contributed by atoms with Crippen molar-refractivity contribution < 1.29 is 4.79 Å². The smallest absolute Gasteiger partial charge is 0.342 e. The van der Waals surface area contributed by atoms with Crippen LogP contribution in [0.2, 0.25) is 0 Å². The Morgan fingerprint density at radius 2 is 1.78 bits per heavy atom. The number of amides is 1. The fourth-order valence-electron chi connectivity index (χ4n) is 2.91. The van der Waals surface area contributed by atoms with Crippen molar-refractivity contribution in [3.8, 4) is 5.69 Å². The number of benzene rings is 1. The molecule has 1 aliphatic rings. The predicted molar refractivity (Wildman–Crippen MR) is 85.3 cm³/mol. The van der Waals surface area contributed by atoms with Gasteiger partial charge in [-0.05, 0) is 35.4 Å². The highest BCUT2D eigenvalue weighted by atomic mass is 16.2. The first kappa shape index (κ1) is 15.5. The molecule has 0 atom stereocenters. The quantitative estimate of drug-likeness (QED) is 0.854. The summed E-state index contributed by atoms with van der Waals surface area (Å²) < 4.78 is 2.76. The highest BCUT2D eigenvalue weighted by Crippen LogP contribution is 2.21. The summed E-state index contributed by atoms with van der Waals surface area (Å²) in [6.45, 7) is 5.13. The van der Waals surface area contributed by atoms with Gasteiger partial charge in [0.25, 0.3) is 0 Å². The molecule has 1 amide bonds. The van der Waals surface area contributed by atoms with E-state index in [0.29, 0.717) is 18.8 Å². The monoisotopic (exact) mass is 315 g/mol. The molecule has 1 saturated heterocycles. The van der Waals surface area contributed by atoms with Crippen LogP contribution in [-0.2, 0) is 4.79 Å². The lowest BCUT2D eigenvalue weighted by Crippen LogP contribution is -2.42. The lowest BCUT2D eigenvalue weighted by molar-refractivity contribution is -0.135. The van der Waals surface area contributed by atoms with Gasteiger partial charge in [0.05, 0.1) is 11.7 Å². The number of rotatable bonds is 3. The molecule has 1 aromatic heterocycles. The first-order chi connectivity index (χ1) is 11.1. The van der Waals surface area contributed by atoms with Crippen molar-refractivity contribution in [2.45, 2.75) is 32.7 Å². The number of aromatic nitrogens is 4. The number of likely N-dealkylation sites (tertiary alicyclic amines) is 1. The molecule has 1 aromatic carbocycles. The minimum absolute atomic E-state index is 0.00354. The minimum atomic E-state index is -0.232. The summed E-state index contributed by atoms with van der Waals surface area (Å²) in [7, 11) is 0. The summed E-state index contributed by atoms with van der Waals surface area (Å²) in [6.07, 6.45) is 1.46. The van der Waals surface area contributed by atoms with Gasteiger partial charge >= 0.3 is 5.69 Å². The second-order valence-corrected chi connectivity index (χ2v) is 6.16. The van der Waals surface area contributed by atoms with E-state index in [2.05, 4.69) is 10.4 Å². The number of carbonyl (C=O) groups excluding carboxylic acids is 1.